The second-order valence-electron chi connectivity index (χ2n) is 5.82. The number of nitrogens with zero attached hydrogens (tertiary/aromatic N) is 1. The summed E-state index contributed by atoms with van der Waals surface area (Å²) in [5, 5.41) is 8.22. The maximum atomic E-state index is 12.1. The molecule has 3 amide bonds. The van der Waals surface area contributed by atoms with Gasteiger partial charge in [-0.05, 0) is 36.4 Å². The number of hydrogen-bond acceptors (Lipinski definition) is 4. The van der Waals surface area contributed by atoms with E-state index in [1.54, 1.807) is 31.4 Å². The van der Waals surface area contributed by atoms with E-state index in [1.165, 1.54) is 0 Å². The zero-order valence-corrected chi connectivity index (χ0v) is 15.2. The largest absolute Gasteiger partial charge is 0.497 e. The lowest BCUT2D eigenvalue weighted by molar-refractivity contribution is -0.116. The highest BCUT2D eigenvalue weighted by molar-refractivity contribution is 5.95. The summed E-state index contributed by atoms with van der Waals surface area (Å²) in [6, 6.07) is 14.2. The molecular weight excluding hydrogens is 332 g/mol. The van der Waals surface area contributed by atoms with Crippen LogP contribution in [0.2, 0.25) is 0 Å². The fourth-order valence-electron chi connectivity index (χ4n) is 2.32. The Kier molecular flexibility index (Phi) is 6.84. The van der Waals surface area contributed by atoms with Crippen molar-refractivity contribution < 1.29 is 14.3 Å². The number of para-hydroxylation sites is 2. The van der Waals surface area contributed by atoms with Gasteiger partial charge in [-0.25, -0.2) is 4.79 Å². The molecule has 7 nitrogen and oxygen atoms in total. The van der Waals surface area contributed by atoms with Gasteiger partial charge in [-0.3, -0.25) is 4.79 Å². The van der Waals surface area contributed by atoms with Crippen LogP contribution in [0.5, 0.6) is 5.75 Å². The molecule has 2 aromatic carbocycles. The number of benzene rings is 2. The predicted molar refractivity (Wildman–Crippen MR) is 104 cm³/mol. The molecule has 0 heterocycles. The number of methoxy groups -OCH3 is 1. The van der Waals surface area contributed by atoms with E-state index < -0.39 is 0 Å². The van der Waals surface area contributed by atoms with Crippen LogP contribution in [0.3, 0.4) is 0 Å². The summed E-state index contributed by atoms with van der Waals surface area (Å²) in [5.74, 6) is 0.551. The summed E-state index contributed by atoms with van der Waals surface area (Å²) in [6.45, 7) is 0.234. The van der Waals surface area contributed by atoms with Gasteiger partial charge in [0.15, 0.2) is 0 Å². The molecular formula is C19H24N4O3. The van der Waals surface area contributed by atoms with Crippen LogP contribution in [0.25, 0.3) is 0 Å². The van der Waals surface area contributed by atoms with Gasteiger partial charge in [-0.2, -0.15) is 0 Å². The predicted octanol–water partition coefficient (Wildman–Crippen LogP) is 2.91. The second-order valence-corrected chi connectivity index (χ2v) is 5.82. The standard InChI is InChI=1S/C19H24N4O3/c1-23(2)17-7-5-4-6-16(17)22-18(24)12-13-20-19(25)21-14-8-10-15(26-3)11-9-14/h4-11H,12-13H2,1-3H3,(H,22,24)(H2,20,21,25). The number of carbonyl (C=O) groups excluding carboxylic acids is 2. The van der Waals surface area contributed by atoms with Crippen molar-refractivity contribution in [2.45, 2.75) is 6.42 Å². The molecule has 0 fully saturated rings. The lowest BCUT2D eigenvalue weighted by atomic mass is 10.2. The molecule has 2 rings (SSSR count). The first-order valence-corrected chi connectivity index (χ1v) is 8.24. The van der Waals surface area contributed by atoms with Crippen LogP contribution in [-0.2, 0) is 4.79 Å². The molecule has 0 atom stereocenters. The maximum Gasteiger partial charge on any atom is 0.319 e. The number of carbonyl (C=O) groups is 2. The Balaban J connectivity index is 1.76. The summed E-state index contributed by atoms with van der Waals surface area (Å²) in [5.41, 5.74) is 2.31. The highest BCUT2D eigenvalue weighted by Crippen LogP contribution is 2.23. The first kappa shape index (κ1) is 19.1. The van der Waals surface area contributed by atoms with Crippen LogP contribution >= 0.6 is 0 Å². The monoisotopic (exact) mass is 356 g/mol. The van der Waals surface area contributed by atoms with Gasteiger partial charge in [-0.1, -0.05) is 12.1 Å². The number of hydrogen-bond donors (Lipinski definition) is 3. The fraction of sp³-hybridized carbons (Fsp3) is 0.263. The average Bonchev–Trinajstić information content (AvgIpc) is 2.62. The topological polar surface area (TPSA) is 82.7 Å². The van der Waals surface area contributed by atoms with Crippen LogP contribution in [0.15, 0.2) is 48.5 Å². The van der Waals surface area contributed by atoms with E-state index in [0.717, 1.165) is 11.4 Å². The van der Waals surface area contributed by atoms with Crippen molar-refractivity contribution in [2.75, 3.05) is 43.3 Å². The molecule has 2 aromatic rings. The van der Waals surface area contributed by atoms with Crippen molar-refractivity contribution in [3.05, 3.63) is 48.5 Å². The lowest BCUT2D eigenvalue weighted by Crippen LogP contribution is -2.31. The molecule has 3 N–H and O–H groups in total. The van der Waals surface area contributed by atoms with Gasteiger partial charge in [0.05, 0.1) is 18.5 Å². The Morgan fingerprint density at radius 1 is 1.00 bits per heavy atom. The summed E-state index contributed by atoms with van der Waals surface area (Å²) >= 11 is 0. The van der Waals surface area contributed by atoms with Crippen molar-refractivity contribution in [3.63, 3.8) is 0 Å². The van der Waals surface area contributed by atoms with Crippen LogP contribution in [-0.4, -0.2) is 39.7 Å². The SMILES string of the molecule is COc1ccc(NC(=O)NCCC(=O)Nc2ccccc2N(C)C)cc1. The van der Waals surface area contributed by atoms with Gasteiger partial charge in [0.2, 0.25) is 5.91 Å². The normalized spacial score (nSPS) is 9.96. The van der Waals surface area contributed by atoms with E-state index in [0.29, 0.717) is 11.4 Å². The van der Waals surface area contributed by atoms with E-state index in [4.69, 9.17) is 4.74 Å². The van der Waals surface area contributed by atoms with E-state index in [2.05, 4.69) is 16.0 Å². The Morgan fingerprint density at radius 2 is 1.69 bits per heavy atom. The van der Waals surface area contributed by atoms with E-state index in [1.807, 2.05) is 43.3 Å². The average molecular weight is 356 g/mol. The Labute approximate surface area is 153 Å². The van der Waals surface area contributed by atoms with Crippen LogP contribution in [0.4, 0.5) is 21.9 Å². The molecule has 0 unspecified atom stereocenters. The van der Waals surface area contributed by atoms with Crippen molar-refractivity contribution >= 4 is 29.0 Å². The smallest absolute Gasteiger partial charge is 0.319 e. The molecule has 26 heavy (non-hydrogen) atoms. The van der Waals surface area contributed by atoms with Crippen molar-refractivity contribution in [1.82, 2.24) is 5.32 Å². The molecule has 0 saturated heterocycles. The van der Waals surface area contributed by atoms with Crippen LogP contribution < -0.4 is 25.6 Å². The van der Waals surface area contributed by atoms with Gasteiger partial charge in [0, 0.05) is 32.7 Å². The molecule has 0 aliphatic rings. The van der Waals surface area contributed by atoms with Gasteiger partial charge >= 0.3 is 6.03 Å². The third kappa shape index (κ3) is 5.70. The second kappa shape index (κ2) is 9.31. The quantitative estimate of drug-likeness (QED) is 0.712. The first-order valence-electron chi connectivity index (χ1n) is 8.24. The molecule has 0 saturated carbocycles. The molecule has 0 aliphatic heterocycles. The van der Waals surface area contributed by atoms with E-state index in [9.17, 15) is 9.59 Å². The van der Waals surface area contributed by atoms with Gasteiger partial charge in [0.1, 0.15) is 5.75 Å². The molecule has 0 aromatic heterocycles. The van der Waals surface area contributed by atoms with Crippen molar-refractivity contribution in [1.29, 1.82) is 0 Å². The summed E-state index contributed by atoms with van der Waals surface area (Å²) < 4.78 is 5.06. The lowest BCUT2D eigenvalue weighted by Gasteiger charge is -2.17. The minimum atomic E-state index is -0.364. The number of amides is 3. The minimum absolute atomic E-state index is 0.163. The zero-order chi connectivity index (χ0) is 18.9. The summed E-state index contributed by atoms with van der Waals surface area (Å²) in [6.07, 6.45) is 0.178. The molecule has 138 valence electrons. The van der Waals surface area contributed by atoms with Crippen molar-refractivity contribution in [2.24, 2.45) is 0 Å². The summed E-state index contributed by atoms with van der Waals surface area (Å²) in [7, 11) is 5.41. The Hall–Kier alpha value is -3.22. The van der Waals surface area contributed by atoms with Gasteiger partial charge < -0.3 is 25.6 Å². The first-order chi connectivity index (χ1) is 12.5. The van der Waals surface area contributed by atoms with E-state index >= 15 is 0 Å². The molecule has 0 radical (unpaired) electrons. The maximum absolute atomic E-state index is 12.1. The van der Waals surface area contributed by atoms with Gasteiger partial charge in [-0.15, -0.1) is 0 Å². The van der Waals surface area contributed by atoms with Crippen LogP contribution in [0, 0.1) is 0 Å². The highest BCUT2D eigenvalue weighted by atomic mass is 16.5. The number of ether oxygens (including phenoxy) is 1. The number of urea groups is 1. The summed E-state index contributed by atoms with van der Waals surface area (Å²) in [4.78, 5) is 25.9. The number of anilines is 3. The minimum Gasteiger partial charge on any atom is -0.497 e. The number of nitrogens with one attached hydrogen (secondary N) is 3. The zero-order valence-electron chi connectivity index (χ0n) is 15.2. The molecule has 0 aliphatic carbocycles. The van der Waals surface area contributed by atoms with Crippen LogP contribution in [0.1, 0.15) is 6.42 Å². The van der Waals surface area contributed by atoms with Crippen molar-refractivity contribution in [3.8, 4) is 5.75 Å². The van der Waals surface area contributed by atoms with E-state index in [-0.39, 0.29) is 24.9 Å². The number of rotatable bonds is 7. The van der Waals surface area contributed by atoms with Gasteiger partial charge in [0.25, 0.3) is 0 Å². The third-order valence-corrected chi connectivity index (χ3v) is 3.65. The Bertz CT molecular complexity index is 745. The molecule has 0 spiro atoms. The molecule has 0 bridgehead atoms. The fourth-order valence-corrected chi connectivity index (χ4v) is 2.32. The third-order valence-electron chi connectivity index (χ3n) is 3.65. The Morgan fingerprint density at radius 3 is 2.35 bits per heavy atom. The molecule has 7 heteroatoms. The highest BCUT2D eigenvalue weighted by Gasteiger charge is 2.08.